The normalized spacial score (nSPS) is 12.6. The Hall–Kier alpha value is -1.61. The van der Waals surface area contributed by atoms with Crippen LogP contribution in [0.5, 0.6) is 0 Å². The maximum absolute atomic E-state index is 4.55. The van der Waals surface area contributed by atoms with Gasteiger partial charge in [0.2, 0.25) is 0 Å². The molecule has 0 aliphatic heterocycles. The van der Waals surface area contributed by atoms with Crippen molar-refractivity contribution in [3.63, 3.8) is 0 Å². The van der Waals surface area contributed by atoms with Gasteiger partial charge in [-0.25, -0.2) is 0 Å². The highest BCUT2D eigenvalue weighted by Gasteiger charge is 2.13. The van der Waals surface area contributed by atoms with Gasteiger partial charge in [0.25, 0.3) is 0 Å². The SMILES string of the molecule is CCNC(Cc1cccc(C)c1)Cc1cc(C)nn1CC. The summed E-state index contributed by atoms with van der Waals surface area (Å²) < 4.78 is 2.12. The van der Waals surface area contributed by atoms with E-state index in [1.165, 1.54) is 16.8 Å². The standard InChI is InChI=1S/C18H27N3/c1-5-19-17(12-16-9-7-8-14(3)10-16)13-18-11-15(4)20-21(18)6-2/h7-11,17,19H,5-6,12-13H2,1-4H3. The molecule has 0 radical (unpaired) electrons. The zero-order valence-corrected chi connectivity index (χ0v) is 13.7. The number of nitrogens with one attached hydrogen (secondary N) is 1. The van der Waals surface area contributed by atoms with E-state index in [1.807, 2.05) is 0 Å². The second-order valence-corrected chi connectivity index (χ2v) is 5.74. The van der Waals surface area contributed by atoms with E-state index in [2.05, 4.69) is 73.1 Å². The molecule has 0 aliphatic carbocycles. The van der Waals surface area contributed by atoms with Crippen LogP contribution in [0.15, 0.2) is 30.3 Å². The van der Waals surface area contributed by atoms with Gasteiger partial charge >= 0.3 is 0 Å². The summed E-state index contributed by atoms with van der Waals surface area (Å²) in [5.74, 6) is 0. The maximum Gasteiger partial charge on any atom is 0.0596 e. The van der Waals surface area contributed by atoms with Crippen LogP contribution in [0.2, 0.25) is 0 Å². The number of hydrogen-bond donors (Lipinski definition) is 1. The van der Waals surface area contributed by atoms with Crippen LogP contribution in [0.1, 0.15) is 36.4 Å². The van der Waals surface area contributed by atoms with Gasteiger partial charge in [0.1, 0.15) is 0 Å². The first-order valence-electron chi connectivity index (χ1n) is 7.94. The molecule has 0 spiro atoms. The monoisotopic (exact) mass is 285 g/mol. The first-order valence-corrected chi connectivity index (χ1v) is 7.94. The average molecular weight is 285 g/mol. The van der Waals surface area contributed by atoms with Gasteiger partial charge in [0, 0.05) is 24.7 Å². The fraction of sp³-hybridized carbons (Fsp3) is 0.500. The molecule has 1 unspecified atom stereocenters. The average Bonchev–Trinajstić information content (AvgIpc) is 2.79. The Balaban J connectivity index is 2.11. The summed E-state index contributed by atoms with van der Waals surface area (Å²) in [6, 6.07) is 11.5. The number of likely N-dealkylation sites (N-methyl/N-ethyl adjacent to an activating group) is 1. The second kappa shape index (κ2) is 7.41. The molecule has 0 saturated carbocycles. The van der Waals surface area contributed by atoms with Crippen molar-refractivity contribution in [1.29, 1.82) is 0 Å². The highest BCUT2D eigenvalue weighted by molar-refractivity contribution is 5.23. The minimum Gasteiger partial charge on any atom is -0.314 e. The van der Waals surface area contributed by atoms with Crippen LogP contribution in [-0.4, -0.2) is 22.4 Å². The van der Waals surface area contributed by atoms with E-state index < -0.39 is 0 Å². The van der Waals surface area contributed by atoms with Gasteiger partial charge in [0.15, 0.2) is 0 Å². The van der Waals surface area contributed by atoms with E-state index in [4.69, 9.17) is 0 Å². The van der Waals surface area contributed by atoms with Crippen LogP contribution in [-0.2, 0) is 19.4 Å². The van der Waals surface area contributed by atoms with Crippen molar-refractivity contribution >= 4 is 0 Å². The molecule has 21 heavy (non-hydrogen) atoms. The molecule has 2 aromatic rings. The number of aryl methyl sites for hydroxylation is 3. The summed E-state index contributed by atoms with van der Waals surface area (Å²) in [6.07, 6.45) is 2.08. The second-order valence-electron chi connectivity index (χ2n) is 5.74. The van der Waals surface area contributed by atoms with Crippen LogP contribution in [0.25, 0.3) is 0 Å². The molecule has 3 heteroatoms. The predicted molar refractivity (Wildman–Crippen MR) is 88.7 cm³/mol. The fourth-order valence-corrected chi connectivity index (χ4v) is 2.92. The first kappa shape index (κ1) is 15.8. The van der Waals surface area contributed by atoms with Crippen LogP contribution in [0, 0.1) is 13.8 Å². The molecule has 0 saturated heterocycles. The smallest absolute Gasteiger partial charge is 0.0596 e. The third-order valence-electron chi connectivity index (χ3n) is 3.80. The van der Waals surface area contributed by atoms with E-state index in [1.54, 1.807) is 0 Å². The van der Waals surface area contributed by atoms with Crippen molar-refractivity contribution in [2.75, 3.05) is 6.54 Å². The topological polar surface area (TPSA) is 29.9 Å². The largest absolute Gasteiger partial charge is 0.314 e. The Morgan fingerprint density at radius 3 is 2.62 bits per heavy atom. The zero-order chi connectivity index (χ0) is 15.2. The zero-order valence-electron chi connectivity index (χ0n) is 13.7. The van der Waals surface area contributed by atoms with Crippen LogP contribution >= 0.6 is 0 Å². The van der Waals surface area contributed by atoms with E-state index >= 15 is 0 Å². The number of rotatable bonds is 7. The number of aromatic nitrogens is 2. The summed E-state index contributed by atoms with van der Waals surface area (Å²) in [5, 5.41) is 8.17. The van der Waals surface area contributed by atoms with Crippen molar-refractivity contribution in [1.82, 2.24) is 15.1 Å². The Morgan fingerprint density at radius 1 is 1.14 bits per heavy atom. The van der Waals surface area contributed by atoms with Gasteiger partial charge in [-0.1, -0.05) is 36.8 Å². The maximum atomic E-state index is 4.55. The molecule has 1 aromatic carbocycles. The van der Waals surface area contributed by atoms with E-state index in [-0.39, 0.29) is 0 Å². The minimum absolute atomic E-state index is 0.457. The molecule has 1 aromatic heterocycles. The molecule has 0 fully saturated rings. The van der Waals surface area contributed by atoms with Crippen molar-refractivity contribution in [2.45, 2.75) is 53.1 Å². The molecule has 2 rings (SSSR count). The lowest BCUT2D eigenvalue weighted by atomic mass is 10.00. The molecule has 114 valence electrons. The molecular weight excluding hydrogens is 258 g/mol. The van der Waals surface area contributed by atoms with Crippen molar-refractivity contribution < 1.29 is 0 Å². The van der Waals surface area contributed by atoms with Crippen LogP contribution in [0.4, 0.5) is 0 Å². The Kier molecular flexibility index (Phi) is 5.57. The number of benzene rings is 1. The quantitative estimate of drug-likeness (QED) is 0.846. The molecule has 0 aliphatic rings. The van der Waals surface area contributed by atoms with Crippen molar-refractivity contribution in [3.05, 3.63) is 52.8 Å². The Labute approximate surface area is 128 Å². The Bertz CT molecular complexity index is 572. The van der Waals surface area contributed by atoms with Crippen LogP contribution < -0.4 is 5.32 Å². The number of hydrogen-bond acceptors (Lipinski definition) is 2. The highest BCUT2D eigenvalue weighted by atomic mass is 15.3. The van der Waals surface area contributed by atoms with Crippen molar-refractivity contribution in [2.24, 2.45) is 0 Å². The van der Waals surface area contributed by atoms with Gasteiger partial charge in [-0.3, -0.25) is 4.68 Å². The van der Waals surface area contributed by atoms with E-state index in [0.717, 1.165) is 31.6 Å². The van der Waals surface area contributed by atoms with Gasteiger partial charge < -0.3 is 5.32 Å². The van der Waals surface area contributed by atoms with Gasteiger partial charge in [-0.2, -0.15) is 5.10 Å². The summed E-state index contributed by atoms with van der Waals surface area (Å²) in [4.78, 5) is 0. The van der Waals surface area contributed by atoms with Gasteiger partial charge in [0.05, 0.1) is 5.69 Å². The molecule has 1 heterocycles. The van der Waals surface area contributed by atoms with E-state index in [9.17, 15) is 0 Å². The fourth-order valence-electron chi connectivity index (χ4n) is 2.92. The lowest BCUT2D eigenvalue weighted by Crippen LogP contribution is -2.33. The molecule has 1 N–H and O–H groups in total. The lowest BCUT2D eigenvalue weighted by Gasteiger charge is -2.19. The van der Waals surface area contributed by atoms with E-state index in [0.29, 0.717) is 6.04 Å². The predicted octanol–water partition coefficient (Wildman–Crippen LogP) is 3.28. The molecule has 0 bridgehead atoms. The minimum atomic E-state index is 0.457. The summed E-state index contributed by atoms with van der Waals surface area (Å²) >= 11 is 0. The highest BCUT2D eigenvalue weighted by Crippen LogP contribution is 2.12. The van der Waals surface area contributed by atoms with Gasteiger partial charge in [-0.15, -0.1) is 0 Å². The summed E-state index contributed by atoms with van der Waals surface area (Å²) in [5.41, 5.74) is 5.17. The molecule has 0 amide bonds. The molecular formula is C18H27N3. The van der Waals surface area contributed by atoms with Gasteiger partial charge in [-0.05, 0) is 45.4 Å². The lowest BCUT2D eigenvalue weighted by molar-refractivity contribution is 0.495. The Morgan fingerprint density at radius 2 is 1.95 bits per heavy atom. The van der Waals surface area contributed by atoms with Crippen LogP contribution in [0.3, 0.4) is 0 Å². The summed E-state index contributed by atoms with van der Waals surface area (Å²) in [6.45, 7) is 10.5. The number of nitrogens with zero attached hydrogens (tertiary/aromatic N) is 2. The van der Waals surface area contributed by atoms with Crippen molar-refractivity contribution in [3.8, 4) is 0 Å². The molecule has 3 nitrogen and oxygen atoms in total. The molecule has 1 atom stereocenters. The first-order chi connectivity index (χ1) is 10.1. The summed E-state index contributed by atoms with van der Waals surface area (Å²) in [7, 11) is 0. The third kappa shape index (κ3) is 4.43. The third-order valence-corrected chi connectivity index (χ3v) is 3.80.